The SMILES string of the molecule is CCC(C)[C@H](NC(=O)c1ccccc1OC)C(=O)N1CCC[C@H]1CO. The number of hydrogen-bond donors (Lipinski definition) is 2. The molecular weight excluding hydrogens is 320 g/mol. The molecule has 2 N–H and O–H groups in total. The normalized spacial score (nSPS) is 19.4. The molecule has 138 valence electrons. The van der Waals surface area contributed by atoms with E-state index in [9.17, 15) is 14.7 Å². The second kappa shape index (κ2) is 8.85. The van der Waals surface area contributed by atoms with Gasteiger partial charge in [-0.2, -0.15) is 0 Å². The minimum absolute atomic E-state index is 0.00824. The van der Waals surface area contributed by atoms with Gasteiger partial charge >= 0.3 is 0 Å². The fourth-order valence-electron chi connectivity index (χ4n) is 3.23. The van der Waals surface area contributed by atoms with Gasteiger partial charge < -0.3 is 20.1 Å². The lowest BCUT2D eigenvalue weighted by Crippen LogP contribution is -2.53. The van der Waals surface area contributed by atoms with Crippen molar-refractivity contribution in [1.29, 1.82) is 0 Å². The average molecular weight is 348 g/mol. The molecule has 0 saturated carbocycles. The van der Waals surface area contributed by atoms with Gasteiger partial charge in [0.05, 0.1) is 25.3 Å². The predicted octanol–water partition coefficient (Wildman–Crippen LogP) is 1.82. The van der Waals surface area contributed by atoms with Crippen LogP contribution in [0.1, 0.15) is 43.5 Å². The molecule has 2 amide bonds. The van der Waals surface area contributed by atoms with Crippen molar-refractivity contribution in [2.45, 2.75) is 45.2 Å². The fourth-order valence-corrected chi connectivity index (χ4v) is 3.23. The van der Waals surface area contributed by atoms with Crippen molar-refractivity contribution >= 4 is 11.8 Å². The number of methoxy groups -OCH3 is 1. The Balaban J connectivity index is 2.20. The van der Waals surface area contributed by atoms with Gasteiger partial charge in [0.2, 0.25) is 5.91 Å². The maximum Gasteiger partial charge on any atom is 0.255 e. The lowest BCUT2D eigenvalue weighted by atomic mass is 9.97. The number of hydrogen-bond acceptors (Lipinski definition) is 4. The van der Waals surface area contributed by atoms with Crippen molar-refractivity contribution in [1.82, 2.24) is 10.2 Å². The van der Waals surface area contributed by atoms with E-state index in [4.69, 9.17) is 4.74 Å². The molecule has 0 bridgehead atoms. The Bertz CT molecular complexity index is 605. The molecule has 1 fully saturated rings. The van der Waals surface area contributed by atoms with E-state index in [1.165, 1.54) is 7.11 Å². The number of carbonyl (C=O) groups is 2. The highest BCUT2D eigenvalue weighted by Gasteiger charge is 2.36. The number of amides is 2. The fraction of sp³-hybridized carbons (Fsp3) is 0.579. The number of aliphatic hydroxyl groups excluding tert-OH is 1. The Kier molecular flexibility index (Phi) is 6.82. The van der Waals surface area contributed by atoms with Gasteiger partial charge in [-0.1, -0.05) is 32.4 Å². The van der Waals surface area contributed by atoms with E-state index in [0.717, 1.165) is 19.3 Å². The quantitative estimate of drug-likeness (QED) is 0.788. The minimum atomic E-state index is -0.616. The number of likely N-dealkylation sites (tertiary alicyclic amines) is 1. The van der Waals surface area contributed by atoms with Crippen molar-refractivity contribution in [2.75, 3.05) is 20.3 Å². The summed E-state index contributed by atoms with van der Waals surface area (Å²) < 4.78 is 5.24. The van der Waals surface area contributed by atoms with Crippen LogP contribution in [-0.2, 0) is 4.79 Å². The Morgan fingerprint density at radius 3 is 2.76 bits per heavy atom. The van der Waals surface area contributed by atoms with Gasteiger partial charge in [0.15, 0.2) is 0 Å². The van der Waals surface area contributed by atoms with Crippen LogP contribution < -0.4 is 10.1 Å². The Hall–Kier alpha value is -2.08. The van der Waals surface area contributed by atoms with Crippen LogP contribution in [0.15, 0.2) is 24.3 Å². The second-order valence-corrected chi connectivity index (χ2v) is 6.55. The van der Waals surface area contributed by atoms with Crippen LogP contribution in [-0.4, -0.2) is 54.2 Å². The van der Waals surface area contributed by atoms with Crippen molar-refractivity contribution in [3.8, 4) is 5.75 Å². The molecule has 6 heteroatoms. The first-order valence-electron chi connectivity index (χ1n) is 8.88. The molecule has 25 heavy (non-hydrogen) atoms. The Labute approximate surface area is 149 Å². The lowest BCUT2D eigenvalue weighted by Gasteiger charge is -2.31. The van der Waals surface area contributed by atoms with E-state index in [1.807, 2.05) is 13.8 Å². The zero-order chi connectivity index (χ0) is 18.4. The molecule has 2 rings (SSSR count). The topological polar surface area (TPSA) is 78.9 Å². The first-order valence-corrected chi connectivity index (χ1v) is 8.88. The van der Waals surface area contributed by atoms with Gasteiger partial charge in [-0.3, -0.25) is 9.59 Å². The summed E-state index contributed by atoms with van der Waals surface area (Å²) in [5, 5.41) is 12.4. The summed E-state index contributed by atoms with van der Waals surface area (Å²) in [5.41, 5.74) is 0.409. The molecule has 1 saturated heterocycles. The number of nitrogens with one attached hydrogen (secondary N) is 1. The number of ether oxygens (including phenoxy) is 1. The summed E-state index contributed by atoms with van der Waals surface area (Å²) in [5.74, 6) is 0.0286. The van der Waals surface area contributed by atoms with Crippen LogP contribution in [0.5, 0.6) is 5.75 Å². The molecular formula is C19H28N2O4. The summed E-state index contributed by atoms with van der Waals surface area (Å²) in [6.45, 7) is 4.53. The molecule has 1 aromatic carbocycles. The van der Waals surface area contributed by atoms with Gasteiger partial charge in [-0.15, -0.1) is 0 Å². The maximum absolute atomic E-state index is 13.0. The number of rotatable bonds is 7. The largest absolute Gasteiger partial charge is 0.496 e. The molecule has 0 aromatic heterocycles. The third-order valence-corrected chi connectivity index (χ3v) is 4.99. The highest BCUT2D eigenvalue weighted by Crippen LogP contribution is 2.22. The molecule has 0 radical (unpaired) electrons. The van der Waals surface area contributed by atoms with Crippen molar-refractivity contribution in [3.63, 3.8) is 0 Å². The molecule has 1 aromatic rings. The Morgan fingerprint density at radius 2 is 2.12 bits per heavy atom. The third-order valence-electron chi connectivity index (χ3n) is 4.99. The molecule has 1 unspecified atom stereocenters. The second-order valence-electron chi connectivity index (χ2n) is 6.55. The number of carbonyl (C=O) groups excluding carboxylic acids is 2. The van der Waals surface area contributed by atoms with Crippen molar-refractivity contribution in [3.05, 3.63) is 29.8 Å². The smallest absolute Gasteiger partial charge is 0.255 e. The van der Waals surface area contributed by atoms with Gasteiger partial charge in [-0.05, 0) is 30.9 Å². The van der Waals surface area contributed by atoms with Gasteiger partial charge in [0.25, 0.3) is 5.91 Å². The van der Waals surface area contributed by atoms with E-state index in [1.54, 1.807) is 29.2 Å². The van der Waals surface area contributed by atoms with Crippen LogP contribution in [0.2, 0.25) is 0 Å². The summed E-state index contributed by atoms with van der Waals surface area (Å²) in [4.78, 5) is 27.4. The molecule has 0 aliphatic carbocycles. The highest BCUT2D eigenvalue weighted by molar-refractivity contribution is 5.99. The van der Waals surface area contributed by atoms with Crippen LogP contribution >= 0.6 is 0 Å². The lowest BCUT2D eigenvalue weighted by molar-refractivity contribution is -0.136. The summed E-state index contributed by atoms with van der Waals surface area (Å²) in [7, 11) is 1.51. The standard InChI is InChI=1S/C19H28N2O4/c1-4-13(2)17(19(24)21-11-7-8-14(21)12-22)20-18(23)15-9-5-6-10-16(15)25-3/h5-6,9-10,13-14,17,22H,4,7-8,11-12H2,1-3H3,(H,20,23)/t13?,14-,17-/m0/s1. The number of benzene rings is 1. The molecule has 0 spiro atoms. The third kappa shape index (κ3) is 4.31. The van der Waals surface area contributed by atoms with E-state index in [0.29, 0.717) is 17.9 Å². The van der Waals surface area contributed by atoms with E-state index in [2.05, 4.69) is 5.32 Å². The van der Waals surface area contributed by atoms with Crippen LogP contribution in [0, 0.1) is 5.92 Å². The average Bonchev–Trinajstić information content (AvgIpc) is 3.13. The monoisotopic (exact) mass is 348 g/mol. The zero-order valence-electron chi connectivity index (χ0n) is 15.2. The molecule has 3 atom stereocenters. The van der Waals surface area contributed by atoms with Crippen LogP contribution in [0.3, 0.4) is 0 Å². The minimum Gasteiger partial charge on any atom is -0.496 e. The van der Waals surface area contributed by atoms with E-state index >= 15 is 0 Å². The number of aliphatic hydroxyl groups is 1. The van der Waals surface area contributed by atoms with E-state index in [-0.39, 0.29) is 30.4 Å². The molecule has 1 heterocycles. The Morgan fingerprint density at radius 1 is 1.40 bits per heavy atom. The summed E-state index contributed by atoms with van der Waals surface area (Å²) >= 11 is 0. The number of nitrogens with zero attached hydrogens (tertiary/aromatic N) is 1. The van der Waals surface area contributed by atoms with Gasteiger partial charge in [-0.25, -0.2) is 0 Å². The zero-order valence-corrected chi connectivity index (χ0v) is 15.2. The van der Waals surface area contributed by atoms with E-state index < -0.39 is 6.04 Å². The summed E-state index contributed by atoms with van der Waals surface area (Å²) in [6.07, 6.45) is 2.45. The first-order chi connectivity index (χ1) is 12.0. The van der Waals surface area contributed by atoms with Crippen molar-refractivity contribution in [2.24, 2.45) is 5.92 Å². The summed E-state index contributed by atoms with van der Waals surface area (Å²) in [6, 6.07) is 6.19. The highest BCUT2D eigenvalue weighted by atomic mass is 16.5. The molecule has 6 nitrogen and oxygen atoms in total. The maximum atomic E-state index is 13.0. The molecule has 1 aliphatic heterocycles. The van der Waals surface area contributed by atoms with Crippen molar-refractivity contribution < 1.29 is 19.4 Å². The van der Waals surface area contributed by atoms with Gasteiger partial charge in [0, 0.05) is 6.54 Å². The van der Waals surface area contributed by atoms with Crippen LogP contribution in [0.25, 0.3) is 0 Å². The predicted molar refractivity (Wildman–Crippen MR) is 95.5 cm³/mol. The van der Waals surface area contributed by atoms with Gasteiger partial charge in [0.1, 0.15) is 11.8 Å². The first kappa shape index (κ1) is 19.2. The number of para-hydroxylation sites is 1. The van der Waals surface area contributed by atoms with Crippen LogP contribution in [0.4, 0.5) is 0 Å². The molecule has 1 aliphatic rings.